The summed E-state index contributed by atoms with van der Waals surface area (Å²) in [5.74, 6) is 1.27. The van der Waals surface area contributed by atoms with Gasteiger partial charge in [0.15, 0.2) is 5.65 Å². The number of aromatic nitrogens is 3. The predicted molar refractivity (Wildman–Crippen MR) is 97.9 cm³/mol. The first-order valence-electron chi connectivity index (χ1n) is 9.01. The van der Waals surface area contributed by atoms with E-state index >= 15 is 0 Å². The summed E-state index contributed by atoms with van der Waals surface area (Å²) in [6.07, 6.45) is 4.22. The lowest BCUT2D eigenvalue weighted by Gasteiger charge is -2.33. The molecule has 1 atom stereocenters. The number of hydrogen-bond donors (Lipinski definition) is 1. The van der Waals surface area contributed by atoms with E-state index in [4.69, 9.17) is 0 Å². The highest BCUT2D eigenvalue weighted by atomic mass is 16.3. The fraction of sp³-hybridized carbons (Fsp3) is 0.400. The molecule has 0 bridgehead atoms. The maximum atomic E-state index is 9.67. The summed E-state index contributed by atoms with van der Waals surface area (Å²) in [7, 11) is 0. The molecular weight excluding hydrogens is 312 g/mol. The van der Waals surface area contributed by atoms with Crippen LogP contribution in [0, 0.1) is 5.92 Å². The number of hydrogen-bond acceptors (Lipinski definition) is 4. The van der Waals surface area contributed by atoms with Gasteiger partial charge in [-0.15, -0.1) is 0 Å². The van der Waals surface area contributed by atoms with Crippen molar-refractivity contribution in [3.05, 3.63) is 60.0 Å². The Hall–Kier alpha value is -2.24. The van der Waals surface area contributed by atoms with Gasteiger partial charge in [-0.1, -0.05) is 30.3 Å². The minimum Gasteiger partial charge on any atom is -0.388 e. The van der Waals surface area contributed by atoms with E-state index in [1.165, 1.54) is 18.4 Å². The summed E-state index contributed by atoms with van der Waals surface area (Å²) in [4.78, 5) is 11.5. The van der Waals surface area contributed by atoms with Crippen molar-refractivity contribution >= 4 is 11.2 Å². The second-order valence-corrected chi connectivity index (χ2v) is 6.87. The highest BCUT2D eigenvalue weighted by Crippen LogP contribution is 2.23. The monoisotopic (exact) mass is 336 g/mol. The van der Waals surface area contributed by atoms with Crippen molar-refractivity contribution < 1.29 is 5.11 Å². The van der Waals surface area contributed by atoms with Gasteiger partial charge in [-0.3, -0.25) is 4.90 Å². The molecule has 3 aromatic rings. The first-order chi connectivity index (χ1) is 12.3. The zero-order valence-corrected chi connectivity index (χ0v) is 14.4. The van der Waals surface area contributed by atoms with Crippen molar-refractivity contribution in [1.29, 1.82) is 0 Å². The molecule has 1 fully saturated rings. The zero-order valence-electron chi connectivity index (χ0n) is 14.4. The van der Waals surface area contributed by atoms with Gasteiger partial charge in [-0.25, -0.2) is 9.97 Å². The topological polar surface area (TPSA) is 54.2 Å². The third-order valence-electron chi connectivity index (χ3n) is 5.02. The van der Waals surface area contributed by atoms with Gasteiger partial charge in [0.25, 0.3) is 0 Å². The van der Waals surface area contributed by atoms with E-state index in [1.54, 1.807) is 6.20 Å². The number of pyridine rings is 1. The molecule has 1 aromatic carbocycles. The minimum absolute atomic E-state index is 0.0448. The van der Waals surface area contributed by atoms with E-state index in [2.05, 4.69) is 49.8 Å². The molecular formula is C20H24N4O. The van der Waals surface area contributed by atoms with Crippen LogP contribution >= 0.6 is 0 Å². The van der Waals surface area contributed by atoms with Gasteiger partial charge >= 0.3 is 0 Å². The second kappa shape index (κ2) is 7.33. The van der Waals surface area contributed by atoms with Gasteiger partial charge in [0, 0.05) is 25.8 Å². The summed E-state index contributed by atoms with van der Waals surface area (Å²) < 4.78 is 2.10. The molecule has 0 radical (unpaired) electrons. The van der Waals surface area contributed by atoms with Gasteiger partial charge in [0.05, 0.1) is 0 Å². The highest BCUT2D eigenvalue weighted by molar-refractivity contribution is 5.71. The molecule has 0 saturated carbocycles. The number of aliphatic hydroxyl groups excluding tert-OH is 1. The van der Waals surface area contributed by atoms with Gasteiger partial charge < -0.3 is 9.67 Å². The molecule has 0 spiro atoms. The summed E-state index contributed by atoms with van der Waals surface area (Å²) >= 11 is 0. The van der Waals surface area contributed by atoms with Crippen LogP contribution in [0.3, 0.4) is 0 Å². The van der Waals surface area contributed by atoms with Crippen molar-refractivity contribution in [3.8, 4) is 0 Å². The van der Waals surface area contributed by atoms with E-state index in [1.807, 2.05) is 12.1 Å². The Morgan fingerprint density at radius 1 is 1.12 bits per heavy atom. The number of piperidine rings is 1. The first kappa shape index (κ1) is 16.2. The Labute approximate surface area is 147 Å². The van der Waals surface area contributed by atoms with Crippen molar-refractivity contribution in [3.63, 3.8) is 0 Å². The van der Waals surface area contributed by atoms with Crippen LogP contribution in [0.15, 0.2) is 48.7 Å². The number of fused-ring (bicyclic) bond motifs is 1. The molecule has 0 unspecified atom stereocenters. The lowest BCUT2D eigenvalue weighted by molar-refractivity contribution is 0.154. The Balaban J connectivity index is 1.49. The molecule has 1 aliphatic heterocycles. The fourth-order valence-electron chi connectivity index (χ4n) is 3.86. The van der Waals surface area contributed by atoms with E-state index in [-0.39, 0.29) is 6.61 Å². The van der Waals surface area contributed by atoms with Gasteiger partial charge in [-0.05, 0) is 43.0 Å². The highest BCUT2D eigenvalue weighted by Gasteiger charge is 2.22. The molecule has 4 rings (SSSR count). The number of imidazole rings is 1. The Morgan fingerprint density at radius 3 is 2.84 bits per heavy atom. The molecule has 130 valence electrons. The summed E-state index contributed by atoms with van der Waals surface area (Å²) in [5.41, 5.74) is 3.11. The third-order valence-corrected chi connectivity index (χ3v) is 5.02. The Morgan fingerprint density at radius 2 is 2.00 bits per heavy atom. The SMILES string of the molecule is OCc1nc2cccnc2n1C[C@H]1CCCN(Cc2ccccc2)C1. The molecule has 0 amide bonds. The van der Waals surface area contributed by atoms with E-state index < -0.39 is 0 Å². The van der Waals surface area contributed by atoms with Crippen molar-refractivity contribution in [2.24, 2.45) is 5.92 Å². The number of benzene rings is 1. The summed E-state index contributed by atoms with van der Waals surface area (Å²) in [6.45, 7) is 4.06. The minimum atomic E-state index is -0.0448. The van der Waals surface area contributed by atoms with Crippen LogP contribution in [0.25, 0.3) is 11.2 Å². The molecule has 3 heterocycles. The molecule has 2 aromatic heterocycles. The lowest BCUT2D eigenvalue weighted by atomic mass is 9.97. The Bertz CT molecular complexity index is 830. The van der Waals surface area contributed by atoms with E-state index in [9.17, 15) is 5.11 Å². The molecule has 5 heteroatoms. The number of aliphatic hydroxyl groups is 1. The standard InChI is InChI=1S/C20H24N4O/c25-15-19-22-18-9-4-10-21-20(18)24(19)14-17-8-5-11-23(13-17)12-16-6-2-1-3-7-16/h1-4,6-7,9-10,17,25H,5,8,11-15H2/t17-/m0/s1. The quantitative estimate of drug-likeness (QED) is 0.778. The van der Waals surface area contributed by atoms with Crippen LogP contribution in [0.1, 0.15) is 24.2 Å². The largest absolute Gasteiger partial charge is 0.388 e. The van der Waals surface area contributed by atoms with Crippen LogP contribution < -0.4 is 0 Å². The third kappa shape index (κ3) is 3.57. The van der Waals surface area contributed by atoms with Crippen molar-refractivity contribution in [2.75, 3.05) is 13.1 Å². The average Bonchev–Trinajstić information content (AvgIpc) is 3.01. The first-order valence-corrected chi connectivity index (χ1v) is 9.01. The van der Waals surface area contributed by atoms with Gasteiger partial charge in [0.2, 0.25) is 0 Å². The fourth-order valence-corrected chi connectivity index (χ4v) is 3.86. The van der Waals surface area contributed by atoms with Crippen LogP contribution in [0.4, 0.5) is 0 Å². The Kier molecular flexibility index (Phi) is 4.76. The predicted octanol–water partition coefficient (Wildman–Crippen LogP) is 2.84. The number of likely N-dealkylation sites (tertiary alicyclic amines) is 1. The molecule has 1 aliphatic rings. The lowest BCUT2D eigenvalue weighted by Crippen LogP contribution is -2.36. The van der Waals surface area contributed by atoms with Crippen LogP contribution in [0.5, 0.6) is 0 Å². The van der Waals surface area contributed by atoms with Crippen molar-refractivity contribution in [2.45, 2.75) is 32.5 Å². The van der Waals surface area contributed by atoms with Gasteiger partial charge in [0.1, 0.15) is 17.9 Å². The number of rotatable bonds is 5. The molecule has 25 heavy (non-hydrogen) atoms. The molecule has 1 N–H and O–H groups in total. The molecule has 5 nitrogen and oxygen atoms in total. The normalized spacial score (nSPS) is 18.7. The summed E-state index contributed by atoms with van der Waals surface area (Å²) in [6, 6.07) is 14.5. The van der Waals surface area contributed by atoms with E-state index in [0.29, 0.717) is 11.7 Å². The average molecular weight is 336 g/mol. The van der Waals surface area contributed by atoms with E-state index in [0.717, 1.165) is 37.3 Å². The molecule has 0 aliphatic carbocycles. The van der Waals surface area contributed by atoms with Crippen molar-refractivity contribution in [1.82, 2.24) is 19.4 Å². The maximum absolute atomic E-state index is 9.67. The summed E-state index contributed by atoms with van der Waals surface area (Å²) in [5, 5.41) is 9.67. The van der Waals surface area contributed by atoms with Gasteiger partial charge in [-0.2, -0.15) is 0 Å². The maximum Gasteiger partial charge on any atom is 0.160 e. The number of nitrogens with zero attached hydrogens (tertiary/aromatic N) is 4. The molecule has 1 saturated heterocycles. The zero-order chi connectivity index (χ0) is 17.1. The second-order valence-electron chi connectivity index (χ2n) is 6.87. The van der Waals surface area contributed by atoms with Crippen LogP contribution in [-0.4, -0.2) is 37.6 Å². The van der Waals surface area contributed by atoms with Crippen LogP contribution in [0.2, 0.25) is 0 Å². The smallest absolute Gasteiger partial charge is 0.160 e. The van der Waals surface area contributed by atoms with Crippen LogP contribution in [-0.2, 0) is 19.7 Å².